The Kier molecular flexibility index (Phi) is 7.84. The van der Waals surface area contributed by atoms with Crippen molar-refractivity contribution in [2.75, 3.05) is 5.32 Å². The molecule has 1 N–H and O–H groups in total. The predicted octanol–water partition coefficient (Wildman–Crippen LogP) is 7.42. The maximum absolute atomic E-state index is 12.6. The molecule has 0 spiro atoms. The lowest BCUT2D eigenvalue weighted by molar-refractivity contribution is -0.112. The molecule has 0 unspecified atom stereocenters. The molecule has 0 saturated heterocycles. The molecule has 4 nitrogen and oxygen atoms in total. The van der Waals surface area contributed by atoms with Crippen molar-refractivity contribution in [3.8, 4) is 11.8 Å². The number of nitrogens with one attached hydrogen (secondary N) is 1. The molecule has 0 aliphatic carbocycles. The Morgan fingerprint density at radius 3 is 2.39 bits per heavy atom. The van der Waals surface area contributed by atoms with Crippen LogP contribution in [0.1, 0.15) is 11.1 Å². The Morgan fingerprint density at radius 2 is 1.71 bits per heavy atom. The molecule has 0 saturated carbocycles. The average Bonchev–Trinajstić information content (AvgIpc) is 2.72. The largest absolute Gasteiger partial charge is 0.487 e. The van der Waals surface area contributed by atoms with Crippen molar-refractivity contribution in [3.63, 3.8) is 0 Å². The minimum absolute atomic E-state index is 0.152. The Balaban J connectivity index is 1.88. The van der Waals surface area contributed by atoms with E-state index in [9.17, 15) is 10.1 Å². The molecule has 0 bridgehead atoms. The predicted molar refractivity (Wildman–Crippen MR) is 126 cm³/mol. The smallest absolute Gasteiger partial charge is 0.266 e. The molecule has 8 heteroatoms. The molecule has 3 aromatic rings. The van der Waals surface area contributed by atoms with E-state index in [2.05, 4.69) is 5.32 Å². The van der Waals surface area contributed by atoms with Gasteiger partial charge >= 0.3 is 0 Å². The second kappa shape index (κ2) is 10.6. The van der Waals surface area contributed by atoms with E-state index in [1.54, 1.807) is 48.5 Å². The lowest BCUT2D eigenvalue weighted by atomic mass is 10.1. The molecule has 0 radical (unpaired) electrons. The van der Waals surface area contributed by atoms with Gasteiger partial charge in [-0.2, -0.15) is 5.26 Å². The summed E-state index contributed by atoms with van der Waals surface area (Å²) in [6, 6.07) is 18.7. The average molecular weight is 492 g/mol. The van der Waals surface area contributed by atoms with Crippen LogP contribution >= 0.6 is 46.4 Å². The van der Waals surface area contributed by atoms with Gasteiger partial charge in [-0.15, -0.1) is 0 Å². The number of nitrogens with zero attached hydrogens (tertiary/aromatic N) is 1. The van der Waals surface area contributed by atoms with Crippen molar-refractivity contribution >= 4 is 64.1 Å². The van der Waals surface area contributed by atoms with E-state index >= 15 is 0 Å². The van der Waals surface area contributed by atoms with Gasteiger partial charge in [-0.3, -0.25) is 4.79 Å². The van der Waals surface area contributed by atoms with Gasteiger partial charge in [0.15, 0.2) is 0 Å². The quantitative estimate of drug-likeness (QED) is 0.288. The molecule has 0 atom stereocenters. The summed E-state index contributed by atoms with van der Waals surface area (Å²) in [5, 5.41) is 13.9. The number of ether oxygens (including phenoxy) is 1. The number of rotatable bonds is 6. The normalized spacial score (nSPS) is 11.0. The van der Waals surface area contributed by atoms with Crippen molar-refractivity contribution in [2.45, 2.75) is 6.61 Å². The number of anilines is 1. The molecule has 0 fully saturated rings. The fourth-order valence-corrected chi connectivity index (χ4v) is 3.56. The first-order valence-corrected chi connectivity index (χ1v) is 10.4. The van der Waals surface area contributed by atoms with Crippen molar-refractivity contribution < 1.29 is 9.53 Å². The number of amides is 1. The first-order chi connectivity index (χ1) is 14.9. The number of carbonyl (C=O) groups is 1. The van der Waals surface area contributed by atoms with Gasteiger partial charge in [-0.1, -0.05) is 58.5 Å². The molecule has 0 aromatic heterocycles. The van der Waals surface area contributed by atoms with Crippen molar-refractivity contribution in [1.29, 1.82) is 5.26 Å². The molecule has 1 amide bonds. The number of hydrogen-bond acceptors (Lipinski definition) is 3. The van der Waals surface area contributed by atoms with E-state index in [4.69, 9.17) is 51.1 Å². The van der Waals surface area contributed by atoms with Crippen LogP contribution in [0.5, 0.6) is 5.75 Å². The molecule has 31 heavy (non-hydrogen) atoms. The summed E-state index contributed by atoms with van der Waals surface area (Å²) < 4.78 is 5.87. The van der Waals surface area contributed by atoms with Gasteiger partial charge in [0.1, 0.15) is 24.0 Å². The second-order valence-electron chi connectivity index (χ2n) is 6.36. The standard InChI is InChI=1S/C23H14Cl4N2O2/c24-17-4-6-20(7-5-17)29-23(30)16(12-28)9-15-10-19(26)11-21(27)22(15)31-13-14-2-1-3-18(25)8-14/h1-11H,13H2,(H,29,30)/b16-9+. The number of hydrogen-bond donors (Lipinski definition) is 1. The zero-order valence-electron chi connectivity index (χ0n) is 15.8. The zero-order valence-corrected chi connectivity index (χ0v) is 18.9. The van der Waals surface area contributed by atoms with Gasteiger partial charge in [-0.05, 0) is 60.2 Å². The van der Waals surface area contributed by atoms with Gasteiger partial charge in [0.2, 0.25) is 0 Å². The lowest BCUT2D eigenvalue weighted by Gasteiger charge is -2.13. The van der Waals surface area contributed by atoms with Gasteiger partial charge in [0.05, 0.1) is 5.02 Å². The maximum Gasteiger partial charge on any atom is 0.266 e. The monoisotopic (exact) mass is 490 g/mol. The molecular formula is C23H14Cl4N2O2. The van der Waals surface area contributed by atoms with Crippen LogP contribution in [0.3, 0.4) is 0 Å². The van der Waals surface area contributed by atoms with E-state index in [1.165, 1.54) is 12.1 Å². The topological polar surface area (TPSA) is 62.1 Å². The molecule has 0 aliphatic heterocycles. The third-order valence-corrected chi connectivity index (χ3v) is 5.06. The third kappa shape index (κ3) is 6.40. The van der Waals surface area contributed by atoms with Crippen LogP contribution in [0.25, 0.3) is 6.08 Å². The number of halogens is 4. The van der Waals surface area contributed by atoms with Crippen LogP contribution in [0, 0.1) is 11.3 Å². The Morgan fingerprint density at radius 1 is 0.968 bits per heavy atom. The second-order valence-corrected chi connectivity index (χ2v) is 8.07. The summed E-state index contributed by atoms with van der Waals surface area (Å²) in [5.41, 5.74) is 1.56. The van der Waals surface area contributed by atoms with E-state index in [-0.39, 0.29) is 23.0 Å². The minimum atomic E-state index is -0.596. The van der Waals surface area contributed by atoms with Crippen molar-refractivity contribution in [1.82, 2.24) is 0 Å². The summed E-state index contributed by atoms with van der Waals surface area (Å²) in [5.74, 6) is -0.306. The van der Waals surface area contributed by atoms with Crippen molar-refractivity contribution in [2.24, 2.45) is 0 Å². The van der Waals surface area contributed by atoms with E-state index < -0.39 is 5.91 Å². The van der Waals surface area contributed by atoms with Crippen LogP contribution < -0.4 is 10.1 Å². The molecule has 3 aromatic carbocycles. The summed E-state index contributed by atoms with van der Waals surface area (Å²) in [7, 11) is 0. The lowest BCUT2D eigenvalue weighted by Crippen LogP contribution is -2.13. The van der Waals surface area contributed by atoms with Crippen LogP contribution in [-0.4, -0.2) is 5.91 Å². The van der Waals surface area contributed by atoms with Gasteiger partial charge < -0.3 is 10.1 Å². The van der Waals surface area contributed by atoms with Gasteiger partial charge in [0, 0.05) is 26.3 Å². The SMILES string of the molecule is N#C/C(=C\c1cc(Cl)cc(Cl)c1OCc1cccc(Cl)c1)C(=O)Nc1ccc(Cl)cc1. The van der Waals surface area contributed by atoms with E-state index in [0.29, 0.717) is 26.3 Å². The minimum Gasteiger partial charge on any atom is -0.487 e. The summed E-state index contributed by atoms with van der Waals surface area (Å²) in [4.78, 5) is 12.6. The third-order valence-electron chi connectivity index (χ3n) is 4.08. The van der Waals surface area contributed by atoms with Gasteiger partial charge in [0.25, 0.3) is 5.91 Å². The molecule has 3 rings (SSSR count). The molecule has 156 valence electrons. The number of carbonyl (C=O) groups excluding carboxylic acids is 1. The van der Waals surface area contributed by atoms with Crippen LogP contribution in [0.2, 0.25) is 20.1 Å². The Bertz CT molecular complexity index is 1190. The highest BCUT2D eigenvalue weighted by atomic mass is 35.5. The first-order valence-electron chi connectivity index (χ1n) is 8.90. The fourth-order valence-electron chi connectivity index (χ4n) is 2.66. The molecular weight excluding hydrogens is 478 g/mol. The maximum atomic E-state index is 12.6. The highest BCUT2D eigenvalue weighted by Gasteiger charge is 2.15. The van der Waals surface area contributed by atoms with E-state index in [0.717, 1.165) is 5.56 Å². The van der Waals surface area contributed by atoms with Crippen molar-refractivity contribution in [3.05, 3.63) is 97.5 Å². The highest BCUT2D eigenvalue weighted by Crippen LogP contribution is 2.34. The number of benzene rings is 3. The summed E-state index contributed by atoms with van der Waals surface area (Å²) in [6.07, 6.45) is 1.37. The number of nitriles is 1. The summed E-state index contributed by atoms with van der Waals surface area (Å²) >= 11 is 24.3. The first kappa shape index (κ1) is 23.0. The Hall–Kier alpha value is -2.68. The highest BCUT2D eigenvalue weighted by molar-refractivity contribution is 6.36. The summed E-state index contributed by atoms with van der Waals surface area (Å²) in [6.45, 7) is 0.182. The molecule has 0 heterocycles. The Labute approximate surface area is 199 Å². The van der Waals surface area contributed by atoms with Crippen LogP contribution in [-0.2, 0) is 11.4 Å². The zero-order chi connectivity index (χ0) is 22.4. The fraction of sp³-hybridized carbons (Fsp3) is 0.0435. The van der Waals surface area contributed by atoms with Crippen LogP contribution in [0.4, 0.5) is 5.69 Å². The molecule has 0 aliphatic rings. The van der Waals surface area contributed by atoms with Crippen LogP contribution in [0.15, 0.2) is 66.2 Å². The van der Waals surface area contributed by atoms with Gasteiger partial charge in [-0.25, -0.2) is 0 Å². The van der Waals surface area contributed by atoms with E-state index in [1.807, 2.05) is 12.1 Å².